The number of amides is 2. The van der Waals surface area contributed by atoms with Gasteiger partial charge in [0.25, 0.3) is 5.91 Å². The van der Waals surface area contributed by atoms with E-state index in [2.05, 4.69) is 25.4 Å². The van der Waals surface area contributed by atoms with Gasteiger partial charge in [-0.15, -0.1) is 0 Å². The lowest BCUT2D eigenvalue weighted by atomic mass is 10.1. The minimum atomic E-state index is -0.290. The Labute approximate surface area is 218 Å². The second kappa shape index (κ2) is 12.8. The summed E-state index contributed by atoms with van der Waals surface area (Å²) in [5, 5.41) is 5.69. The summed E-state index contributed by atoms with van der Waals surface area (Å²) in [6.07, 6.45) is 4.91. The Hall–Kier alpha value is -4.01. The predicted molar refractivity (Wildman–Crippen MR) is 148 cm³/mol. The first-order valence-electron chi connectivity index (χ1n) is 12.4. The Kier molecular flexibility index (Phi) is 9.02. The number of aromatic nitrogens is 1. The Morgan fingerprint density at radius 2 is 1.81 bits per heavy atom. The Morgan fingerprint density at radius 3 is 2.54 bits per heavy atom. The Morgan fingerprint density at radius 1 is 1.00 bits per heavy atom. The molecule has 0 radical (unpaired) electrons. The lowest BCUT2D eigenvalue weighted by molar-refractivity contribution is -0.111. The van der Waals surface area contributed by atoms with Gasteiger partial charge in [-0.05, 0) is 60.5 Å². The van der Waals surface area contributed by atoms with Gasteiger partial charge in [-0.1, -0.05) is 24.3 Å². The fraction of sp³-hybridized carbons (Fsp3) is 0.276. The van der Waals surface area contributed by atoms with Crippen molar-refractivity contribution in [2.45, 2.75) is 6.92 Å². The first-order chi connectivity index (χ1) is 18.0. The molecule has 0 spiro atoms. The number of hydrogen-bond donors (Lipinski definition) is 2. The van der Waals surface area contributed by atoms with Gasteiger partial charge in [-0.25, -0.2) is 4.98 Å². The summed E-state index contributed by atoms with van der Waals surface area (Å²) in [4.78, 5) is 34.2. The average molecular weight is 500 g/mol. The molecule has 2 aromatic carbocycles. The van der Waals surface area contributed by atoms with Crippen molar-refractivity contribution in [2.24, 2.45) is 0 Å². The minimum Gasteiger partial charge on any atom is -0.383 e. The number of methoxy groups -OCH3 is 1. The maximum atomic E-state index is 12.6. The number of nitrogens with one attached hydrogen (secondary N) is 2. The summed E-state index contributed by atoms with van der Waals surface area (Å²) < 4.78 is 5.16. The van der Waals surface area contributed by atoms with Crippen LogP contribution in [-0.2, 0) is 9.53 Å². The smallest absolute Gasteiger partial charge is 0.255 e. The van der Waals surface area contributed by atoms with E-state index in [4.69, 9.17) is 4.74 Å². The highest BCUT2D eigenvalue weighted by Crippen LogP contribution is 2.18. The second-order valence-corrected chi connectivity index (χ2v) is 8.99. The molecule has 0 unspecified atom stereocenters. The van der Waals surface area contributed by atoms with Gasteiger partial charge in [0.05, 0.1) is 18.5 Å². The van der Waals surface area contributed by atoms with E-state index in [0.717, 1.165) is 61.8 Å². The first kappa shape index (κ1) is 26.1. The highest BCUT2D eigenvalue weighted by Gasteiger charge is 2.17. The van der Waals surface area contributed by atoms with Crippen LogP contribution >= 0.6 is 0 Å². The summed E-state index contributed by atoms with van der Waals surface area (Å²) in [7, 11) is 1.73. The van der Waals surface area contributed by atoms with Gasteiger partial charge in [-0.3, -0.25) is 14.5 Å². The van der Waals surface area contributed by atoms with Crippen LogP contribution in [0.5, 0.6) is 0 Å². The molecule has 4 rings (SSSR count). The van der Waals surface area contributed by atoms with Crippen molar-refractivity contribution >= 4 is 35.1 Å². The molecule has 0 bridgehead atoms. The zero-order valence-electron chi connectivity index (χ0n) is 21.3. The predicted octanol–water partition coefficient (Wildman–Crippen LogP) is 4.06. The van der Waals surface area contributed by atoms with E-state index >= 15 is 0 Å². The third kappa shape index (κ3) is 7.73. The van der Waals surface area contributed by atoms with Crippen molar-refractivity contribution in [1.82, 2.24) is 9.88 Å². The largest absolute Gasteiger partial charge is 0.383 e. The molecule has 0 aliphatic carbocycles. The fourth-order valence-electron chi connectivity index (χ4n) is 4.15. The van der Waals surface area contributed by atoms with Gasteiger partial charge in [0.1, 0.15) is 5.82 Å². The van der Waals surface area contributed by atoms with Crippen LogP contribution in [0.15, 0.2) is 72.9 Å². The van der Waals surface area contributed by atoms with Gasteiger partial charge in [0.2, 0.25) is 5.91 Å². The van der Waals surface area contributed by atoms with Crippen LogP contribution < -0.4 is 15.5 Å². The quantitative estimate of drug-likeness (QED) is 0.432. The van der Waals surface area contributed by atoms with Crippen LogP contribution in [0, 0.1) is 6.92 Å². The number of piperazine rings is 1. The maximum absolute atomic E-state index is 12.6. The monoisotopic (exact) mass is 499 g/mol. The van der Waals surface area contributed by atoms with E-state index in [1.165, 1.54) is 6.08 Å². The summed E-state index contributed by atoms with van der Waals surface area (Å²) in [6, 6.07) is 18.6. The lowest BCUT2D eigenvalue weighted by Gasteiger charge is -2.35. The van der Waals surface area contributed by atoms with Crippen molar-refractivity contribution in [3.8, 4) is 0 Å². The van der Waals surface area contributed by atoms with Gasteiger partial charge < -0.3 is 20.3 Å². The molecule has 1 aliphatic rings. The van der Waals surface area contributed by atoms with Crippen LogP contribution in [0.1, 0.15) is 21.5 Å². The van der Waals surface area contributed by atoms with E-state index in [0.29, 0.717) is 11.4 Å². The molecule has 2 heterocycles. The van der Waals surface area contributed by atoms with Crippen LogP contribution in [0.3, 0.4) is 0 Å². The number of rotatable bonds is 9. The number of aryl methyl sites for hydroxylation is 1. The van der Waals surface area contributed by atoms with Crippen molar-refractivity contribution < 1.29 is 14.3 Å². The molecule has 1 saturated heterocycles. The molecule has 1 aliphatic heterocycles. The highest BCUT2D eigenvalue weighted by molar-refractivity contribution is 6.05. The summed E-state index contributed by atoms with van der Waals surface area (Å²) in [5.41, 5.74) is 4.12. The third-order valence-corrected chi connectivity index (χ3v) is 6.20. The number of benzene rings is 2. The molecule has 2 amide bonds. The molecule has 8 heteroatoms. The van der Waals surface area contributed by atoms with E-state index in [1.807, 2.05) is 49.4 Å². The molecule has 8 nitrogen and oxygen atoms in total. The van der Waals surface area contributed by atoms with Crippen molar-refractivity contribution in [3.63, 3.8) is 0 Å². The van der Waals surface area contributed by atoms with Crippen molar-refractivity contribution in [1.29, 1.82) is 0 Å². The van der Waals surface area contributed by atoms with E-state index in [-0.39, 0.29) is 11.8 Å². The topological polar surface area (TPSA) is 86.8 Å². The first-order valence-corrected chi connectivity index (χ1v) is 12.4. The third-order valence-electron chi connectivity index (χ3n) is 6.20. The van der Waals surface area contributed by atoms with Crippen molar-refractivity contribution in [2.75, 3.05) is 62.0 Å². The van der Waals surface area contributed by atoms with Gasteiger partial charge in [0.15, 0.2) is 0 Å². The molecule has 1 fully saturated rings. The van der Waals surface area contributed by atoms with E-state index < -0.39 is 0 Å². The van der Waals surface area contributed by atoms with Crippen LogP contribution in [0.4, 0.5) is 17.2 Å². The van der Waals surface area contributed by atoms with Crippen LogP contribution in [0.25, 0.3) is 6.08 Å². The molecule has 3 aromatic rings. The number of hydrogen-bond acceptors (Lipinski definition) is 6. The van der Waals surface area contributed by atoms with Crippen LogP contribution in [0.2, 0.25) is 0 Å². The van der Waals surface area contributed by atoms with Crippen LogP contribution in [-0.4, -0.2) is 68.1 Å². The second-order valence-electron chi connectivity index (χ2n) is 8.99. The number of pyridine rings is 1. The molecule has 2 N–H and O–H groups in total. The van der Waals surface area contributed by atoms with Gasteiger partial charge >= 0.3 is 0 Å². The van der Waals surface area contributed by atoms with Gasteiger partial charge in [0, 0.05) is 57.2 Å². The number of carbonyl (C=O) groups excluding carboxylic acids is 2. The summed E-state index contributed by atoms with van der Waals surface area (Å²) in [5.74, 6) is -0.00369. The summed E-state index contributed by atoms with van der Waals surface area (Å²) >= 11 is 0. The number of anilines is 3. The van der Waals surface area contributed by atoms with E-state index in [9.17, 15) is 9.59 Å². The Balaban J connectivity index is 1.29. The zero-order valence-corrected chi connectivity index (χ0v) is 21.3. The normalized spacial score (nSPS) is 14.1. The molecule has 192 valence electrons. The molecule has 0 saturated carbocycles. The number of nitrogens with zero attached hydrogens (tertiary/aromatic N) is 3. The highest BCUT2D eigenvalue weighted by atomic mass is 16.5. The molecular formula is C29H33N5O3. The SMILES string of the molecule is COCCN1CCN(c2ccc(NC(=O)/C=C/c3cccc(C(=O)Nc4cccc(C)c4)c3)nc2)CC1. The maximum Gasteiger partial charge on any atom is 0.255 e. The Bertz CT molecular complexity index is 1230. The molecule has 37 heavy (non-hydrogen) atoms. The molecule has 1 aromatic heterocycles. The lowest BCUT2D eigenvalue weighted by Crippen LogP contribution is -2.47. The number of carbonyl (C=O) groups is 2. The van der Waals surface area contributed by atoms with E-state index in [1.54, 1.807) is 37.6 Å². The average Bonchev–Trinajstić information content (AvgIpc) is 2.92. The zero-order chi connectivity index (χ0) is 26.0. The number of ether oxygens (including phenoxy) is 1. The molecule has 0 atom stereocenters. The summed E-state index contributed by atoms with van der Waals surface area (Å²) in [6.45, 7) is 7.51. The fourth-order valence-corrected chi connectivity index (χ4v) is 4.15. The van der Waals surface area contributed by atoms with Crippen molar-refractivity contribution in [3.05, 3.63) is 89.6 Å². The standard InChI is InChI=1S/C29H33N5O3/c1-22-5-3-8-25(19-22)31-29(36)24-7-4-6-23(20-24)9-12-28(35)32-27-11-10-26(21-30-27)34-15-13-33(14-16-34)17-18-37-2/h3-12,19-21H,13-18H2,1-2H3,(H,31,36)(H,30,32,35)/b12-9+. The van der Waals surface area contributed by atoms with Gasteiger partial charge in [-0.2, -0.15) is 0 Å². The minimum absolute atomic E-state index is 0.203. The molecular weight excluding hydrogens is 466 g/mol.